The Balaban J connectivity index is 0.00000204. The molecule has 6 nitrogen and oxygen atoms in total. The predicted molar refractivity (Wildman–Crippen MR) is 141 cm³/mol. The number of likely N-dealkylation sites (tertiary alicyclic amines) is 1. The minimum absolute atomic E-state index is 0. The van der Waals surface area contributed by atoms with Crippen LogP contribution in [0.5, 0.6) is 0 Å². The number of hydrogen-bond donors (Lipinski definition) is 1. The molecule has 1 amide bonds. The third-order valence-corrected chi connectivity index (χ3v) is 7.52. The highest BCUT2D eigenvalue weighted by atomic mass is 35.5. The number of nitrogens with zero attached hydrogens (tertiary/aromatic N) is 4. The minimum Gasteiger partial charge on any atom is -0.346 e. The van der Waals surface area contributed by atoms with Crippen LogP contribution in [0.25, 0.3) is 0 Å². The molecule has 0 bridgehead atoms. The van der Waals surface area contributed by atoms with Crippen LogP contribution in [0.3, 0.4) is 0 Å². The molecule has 0 spiro atoms. The van der Waals surface area contributed by atoms with Gasteiger partial charge in [0, 0.05) is 62.8 Å². The van der Waals surface area contributed by atoms with Gasteiger partial charge in [0.15, 0.2) is 5.13 Å². The zero-order chi connectivity index (χ0) is 22.8. The number of carbonyl (C=O) groups excluding carboxylic acids is 1. The molecule has 1 aromatic heterocycles. The summed E-state index contributed by atoms with van der Waals surface area (Å²) in [5.41, 5.74) is 5.48. The van der Waals surface area contributed by atoms with Crippen LogP contribution in [0.2, 0.25) is 0 Å². The molecule has 2 aromatic rings. The van der Waals surface area contributed by atoms with Crippen molar-refractivity contribution < 1.29 is 18.0 Å². The molecule has 0 saturated carbocycles. The molecule has 13 heteroatoms. The van der Waals surface area contributed by atoms with Crippen LogP contribution >= 0.6 is 48.6 Å². The zero-order valence-electron chi connectivity index (χ0n) is 19.1. The highest BCUT2D eigenvalue weighted by Gasteiger charge is 2.38. The number of carbonyl (C=O) groups is 1. The van der Waals surface area contributed by atoms with Gasteiger partial charge in [-0.1, -0.05) is 18.2 Å². The number of benzene rings is 1. The molecule has 198 valence electrons. The highest BCUT2D eigenvalue weighted by molar-refractivity contribution is 7.13. The molecule has 2 fully saturated rings. The molecule has 0 radical (unpaired) electrons. The summed E-state index contributed by atoms with van der Waals surface area (Å²) in [7, 11) is 0. The maximum absolute atomic E-state index is 13.2. The van der Waals surface area contributed by atoms with Crippen LogP contribution in [0.15, 0.2) is 35.8 Å². The lowest BCUT2D eigenvalue weighted by Gasteiger charge is -2.42. The molecule has 4 rings (SSSR count). The van der Waals surface area contributed by atoms with E-state index in [1.54, 1.807) is 23.6 Å². The Kier molecular flexibility index (Phi) is 12.1. The van der Waals surface area contributed by atoms with Gasteiger partial charge < -0.3 is 15.5 Å². The maximum Gasteiger partial charge on any atom is 0.416 e. The van der Waals surface area contributed by atoms with Gasteiger partial charge in [0.2, 0.25) is 5.91 Å². The fraction of sp³-hybridized carbons (Fsp3) is 0.545. The predicted octanol–water partition coefficient (Wildman–Crippen LogP) is 4.07. The van der Waals surface area contributed by atoms with Crippen LogP contribution in [-0.2, 0) is 16.4 Å². The number of anilines is 1. The topological polar surface area (TPSA) is 65.7 Å². The number of rotatable bonds is 5. The second-order valence-electron chi connectivity index (χ2n) is 8.52. The fourth-order valence-electron chi connectivity index (χ4n) is 4.58. The summed E-state index contributed by atoms with van der Waals surface area (Å²) in [6.07, 6.45) is -1.46. The summed E-state index contributed by atoms with van der Waals surface area (Å²) < 4.78 is 39.5. The van der Waals surface area contributed by atoms with Crippen molar-refractivity contribution in [1.29, 1.82) is 0 Å². The van der Waals surface area contributed by atoms with Crippen molar-refractivity contribution in [3.63, 3.8) is 0 Å². The van der Waals surface area contributed by atoms with Gasteiger partial charge in [-0.15, -0.1) is 48.6 Å². The molecular weight excluding hydrogens is 546 g/mol. The molecular formula is C22H31Cl3F3N5OS. The molecule has 0 aliphatic carbocycles. The smallest absolute Gasteiger partial charge is 0.346 e. The zero-order valence-corrected chi connectivity index (χ0v) is 22.3. The van der Waals surface area contributed by atoms with Crippen molar-refractivity contribution >= 4 is 59.6 Å². The molecule has 35 heavy (non-hydrogen) atoms. The number of halogens is 6. The first kappa shape index (κ1) is 31.7. The summed E-state index contributed by atoms with van der Waals surface area (Å²) in [6.45, 7) is 4.92. The fourth-order valence-corrected chi connectivity index (χ4v) is 5.28. The van der Waals surface area contributed by atoms with Gasteiger partial charge in [-0.25, -0.2) is 4.98 Å². The third kappa shape index (κ3) is 7.36. The second-order valence-corrected chi connectivity index (χ2v) is 9.39. The first-order valence-electron chi connectivity index (χ1n) is 10.8. The van der Waals surface area contributed by atoms with Crippen molar-refractivity contribution in [3.8, 4) is 0 Å². The summed E-state index contributed by atoms with van der Waals surface area (Å²) >= 11 is 1.62. The van der Waals surface area contributed by atoms with Crippen molar-refractivity contribution in [2.24, 2.45) is 5.73 Å². The van der Waals surface area contributed by atoms with Crippen molar-refractivity contribution in [2.75, 3.05) is 57.3 Å². The summed E-state index contributed by atoms with van der Waals surface area (Å²) in [6, 6.07) is 5.47. The Morgan fingerprint density at radius 1 is 1.06 bits per heavy atom. The Hall–Kier alpha value is -1.30. The molecule has 2 saturated heterocycles. The highest BCUT2D eigenvalue weighted by Crippen LogP contribution is 2.38. The number of hydrogen-bond acceptors (Lipinski definition) is 6. The molecule has 2 aliphatic heterocycles. The molecule has 0 atom stereocenters. The number of piperidine rings is 1. The van der Waals surface area contributed by atoms with Crippen LogP contribution in [0.4, 0.5) is 18.3 Å². The van der Waals surface area contributed by atoms with Crippen molar-refractivity contribution in [3.05, 3.63) is 47.0 Å². The maximum atomic E-state index is 13.2. The van der Waals surface area contributed by atoms with Gasteiger partial charge >= 0.3 is 6.18 Å². The number of nitrogens with two attached hydrogens (primary N) is 1. The van der Waals surface area contributed by atoms with E-state index in [1.165, 1.54) is 12.1 Å². The third-order valence-electron chi connectivity index (χ3n) is 6.69. The van der Waals surface area contributed by atoms with E-state index in [1.807, 2.05) is 10.3 Å². The van der Waals surface area contributed by atoms with Gasteiger partial charge in [-0.2, -0.15) is 13.2 Å². The molecule has 3 heterocycles. The largest absolute Gasteiger partial charge is 0.416 e. The molecule has 2 aliphatic rings. The number of aromatic nitrogens is 1. The Morgan fingerprint density at radius 2 is 1.71 bits per heavy atom. The van der Waals surface area contributed by atoms with Gasteiger partial charge in [0.1, 0.15) is 0 Å². The minimum atomic E-state index is -4.38. The monoisotopic (exact) mass is 575 g/mol. The lowest BCUT2D eigenvalue weighted by Crippen LogP contribution is -2.53. The van der Waals surface area contributed by atoms with Gasteiger partial charge in [-0.05, 0) is 24.5 Å². The summed E-state index contributed by atoms with van der Waals surface area (Å²) in [5.74, 6) is 0.0716. The van der Waals surface area contributed by atoms with E-state index in [9.17, 15) is 18.0 Å². The normalized spacial score (nSPS) is 18.2. The van der Waals surface area contributed by atoms with E-state index in [2.05, 4.69) is 14.8 Å². The van der Waals surface area contributed by atoms with E-state index in [0.717, 1.165) is 37.4 Å². The van der Waals surface area contributed by atoms with Gasteiger partial charge in [0.05, 0.1) is 12.1 Å². The number of amides is 1. The van der Waals surface area contributed by atoms with E-state index in [0.29, 0.717) is 38.0 Å². The van der Waals surface area contributed by atoms with Crippen molar-refractivity contribution in [2.45, 2.75) is 24.4 Å². The average Bonchev–Trinajstić information content (AvgIpc) is 3.34. The standard InChI is InChI=1S/C22H28F3N5OS.3ClH/c23-22(24,25)18-3-1-2-17(14-18)21(16-26)4-7-29(8-5-21)19(31)15-28-9-11-30(12-10-28)20-27-6-13-32-20;;;/h1-3,6,13-14H,4-5,7-12,15-16,26H2;3*1H. The van der Waals surface area contributed by atoms with E-state index >= 15 is 0 Å². The average molecular weight is 577 g/mol. The Morgan fingerprint density at radius 3 is 2.26 bits per heavy atom. The van der Waals surface area contributed by atoms with E-state index in [-0.39, 0.29) is 49.7 Å². The number of thiazole rings is 1. The van der Waals surface area contributed by atoms with Crippen LogP contribution in [-0.4, -0.2) is 73.0 Å². The lowest BCUT2D eigenvalue weighted by atomic mass is 9.72. The first-order valence-corrected chi connectivity index (χ1v) is 11.7. The van der Waals surface area contributed by atoms with Gasteiger partial charge in [0.25, 0.3) is 0 Å². The van der Waals surface area contributed by atoms with Gasteiger partial charge in [-0.3, -0.25) is 9.69 Å². The molecule has 1 aromatic carbocycles. The SMILES string of the molecule is Cl.Cl.Cl.NCC1(c2cccc(C(F)(F)F)c2)CCN(C(=O)CN2CCN(c3nccs3)CC2)CC1. The first-order chi connectivity index (χ1) is 15.3. The van der Waals surface area contributed by atoms with E-state index < -0.39 is 17.2 Å². The van der Waals surface area contributed by atoms with Crippen LogP contribution < -0.4 is 10.6 Å². The van der Waals surface area contributed by atoms with Crippen LogP contribution in [0, 0.1) is 0 Å². The quantitative estimate of drug-likeness (QED) is 0.582. The molecule has 2 N–H and O–H groups in total. The number of piperazine rings is 1. The molecule has 0 unspecified atom stereocenters. The van der Waals surface area contributed by atoms with E-state index in [4.69, 9.17) is 5.73 Å². The second kappa shape index (κ2) is 13.3. The van der Waals surface area contributed by atoms with Crippen molar-refractivity contribution in [1.82, 2.24) is 14.8 Å². The Bertz CT molecular complexity index is 919. The summed E-state index contributed by atoms with van der Waals surface area (Å²) in [5, 5.41) is 2.97. The lowest BCUT2D eigenvalue weighted by molar-refractivity contribution is -0.137. The van der Waals surface area contributed by atoms with Crippen LogP contribution in [0.1, 0.15) is 24.0 Å². The Labute approximate surface area is 226 Å². The summed E-state index contributed by atoms with van der Waals surface area (Å²) in [4.78, 5) is 23.4. The number of alkyl halides is 3.